The van der Waals surface area contributed by atoms with Crippen molar-refractivity contribution in [1.29, 1.82) is 0 Å². The number of halogens is 1. The summed E-state index contributed by atoms with van der Waals surface area (Å²) in [6.45, 7) is 5.39. The highest BCUT2D eigenvalue weighted by Gasteiger charge is 2.48. The Kier molecular flexibility index (Phi) is 3.54. The van der Waals surface area contributed by atoms with Gasteiger partial charge in [0.15, 0.2) is 0 Å². The summed E-state index contributed by atoms with van der Waals surface area (Å²) in [7, 11) is 0. The van der Waals surface area contributed by atoms with E-state index >= 15 is 0 Å². The van der Waals surface area contributed by atoms with E-state index in [0.717, 1.165) is 12.8 Å². The van der Waals surface area contributed by atoms with Gasteiger partial charge in [-0.15, -0.1) is 0 Å². The predicted molar refractivity (Wildman–Crippen MR) is 65.0 cm³/mol. The van der Waals surface area contributed by atoms with Gasteiger partial charge in [0.1, 0.15) is 11.8 Å². The van der Waals surface area contributed by atoms with Crippen LogP contribution in [0, 0.1) is 0 Å². The van der Waals surface area contributed by atoms with E-state index in [1.807, 2.05) is 0 Å². The van der Waals surface area contributed by atoms with Crippen LogP contribution in [0.3, 0.4) is 0 Å². The van der Waals surface area contributed by atoms with Gasteiger partial charge < -0.3 is 9.84 Å². The molecule has 2 bridgehead atoms. The first-order chi connectivity index (χ1) is 8.29. The van der Waals surface area contributed by atoms with Crippen LogP contribution < -0.4 is 0 Å². The van der Waals surface area contributed by atoms with E-state index in [2.05, 4.69) is 0 Å². The van der Waals surface area contributed by atoms with Gasteiger partial charge in [-0.2, -0.15) is 0 Å². The number of fused-ring (bicyclic) bond motifs is 2. The van der Waals surface area contributed by atoms with Gasteiger partial charge in [0.05, 0.1) is 12.1 Å². The van der Waals surface area contributed by atoms with Gasteiger partial charge in [-0.3, -0.25) is 4.90 Å². The molecule has 2 unspecified atom stereocenters. The van der Waals surface area contributed by atoms with Gasteiger partial charge in [-0.05, 0) is 46.5 Å². The molecule has 2 rings (SSSR count). The largest absolute Gasteiger partial charge is 0.444 e. The van der Waals surface area contributed by atoms with Crippen LogP contribution in [-0.2, 0) is 4.74 Å². The number of nitrogens with zero attached hydrogens (tertiary/aromatic N) is 1. The van der Waals surface area contributed by atoms with Crippen molar-refractivity contribution in [3.05, 3.63) is 0 Å². The molecule has 2 aliphatic rings. The number of piperidine rings is 2. The smallest absolute Gasteiger partial charge is 0.410 e. The highest BCUT2D eigenvalue weighted by Crippen LogP contribution is 2.36. The molecule has 2 aliphatic heterocycles. The quantitative estimate of drug-likeness (QED) is 0.726. The molecule has 0 aliphatic carbocycles. The van der Waals surface area contributed by atoms with E-state index < -0.39 is 30.0 Å². The average molecular weight is 259 g/mol. The number of carbonyl (C=O) groups is 1. The van der Waals surface area contributed by atoms with E-state index in [4.69, 9.17) is 4.74 Å². The minimum Gasteiger partial charge on any atom is -0.444 e. The summed E-state index contributed by atoms with van der Waals surface area (Å²) in [4.78, 5) is 13.7. The third-order valence-corrected chi connectivity index (χ3v) is 3.64. The van der Waals surface area contributed by atoms with Crippen molar-refractivity contribution in [1.82, 2.24) is 4.90 Å². The number of ether oxygens (including phenoxy) is 1. The lowest BCUT2D eigenvalue weighted by Gasteiger charge is -2.49. The fraction of sp³-hybridized carbons (Fsp3) is 0.923. The zero-order valence-electron chi connectivity index (χ0n) is 11.2. The van der Waals surface area contributed by atoms with Crippen LogP contribution >= 0.6 is 0 Å². The summed E-state index contributed by atoms with van der Waals surface area (Å²) in [5.74, 6) is 0. The van der Waals surface area contributed by atoms with Crippen molar-refractivity contribution in [3.63, 3.8) is 0 Å². The maximum atomic E-state index is 14.0. The molecule has 2 heterocycles. The van der Waals surface area contributed by atoms with Crippen molar-refractivity contribution in [2.75, 3.05) is 0 Å². The fourth-order valence-electron chi connectivity index (χ4n) is 2.92. The number of carbonyl (C=O) groups excluding carboxylic acids is 1. The van der Waals surface area contributed by atoms with E-state index in [1.54, 1.807) is 20.8 Å². The highest BCUT2D eigenvalue weighted by atomic mass is 19.1. The molecule has 2 saturated heterocycles. The summed E-state index contributed by atoms with van der Waals surface area (Å²) in [6, 6.07) is -0.608. The Morgan fingerprint density at radius 1 is 1.39 bits per heavy atom. The van der Waals surface area contributed by atoms with Crippen molar-refractivity contribution in [3.8, 4) is 0 Å². The number of hydrogen-bond acceptors (Lipinski definition) is 3. The SMILES string of the molecule is CC(C)(C)OC(=O)N1C2CCCC1[C@@H](F)[C@@H](O)C2. The second kappa shape index (κ2) is 4.68. The third-order valence-electron chi connectivity index (χ3n) is 3.64. The Morgan fingerprint density at radius 3 is 2.67 bits per heavy atom. The maximum Gasteiger partial charge on any atom is 0.410 e. The molecule has 1 N–H and O–H groups in total. The summed E-state index contributed by atoms with van der Waals surface area (Å²) >= 11 is 0. The monoisotopic (exact) mass is 259 g/mol. The second-order valence-corrected chi connectivity index (χ2v) is 6.29. The predicted octanol–water partition coefficient (Wildman–Crippen LogP) is 2.25. The number of rotatable bonds is 0. The first kappa shape index (κ1) is 13.6. The molecule has 0 aromatic rings. The summed E-state index contributed by atoms with van der Waals surface area (Å²) in [6.07, 6.45) is -0.105. The summed E-state index contributed by atoms with van der Waals surface area (Å²) in [5.41, 5.74) is -0.576. The molecule has 2 fully saturated rings. The van der Waals surface area contributed by atoms with Gasteiger partial charge in [-0.1, -0.05) is 0 Å². The lowest BCUT2D eigenvalue weighted by atomic mass is 9.82. The number of aliphatic hydroxyl groups excluding tert-OH is 1. The third kappa shape index (κ3) is 2.60. The topological polar surface area (TPSA) is 49.8 Å². The molecular formula is C13H22FNO3. The highest BCUT2D eigenvalue weighted by molar-refractivity contribution is 5.69. The molecule has 4 nitrogen and oxygen atoms in total. The van der Waals surface area contributed by atoms with Crippen molar-refractivity contribution < 1.29 is 19.0 Å². The number of aliphatic hydroxyl groups is 1. The van der Waals surface area contributed by atoms with Crippen molar-refractivity contribution >= 4 is 6.09 Å². The molecule has 5 heteroatoms. The van der Waals surface area contributed by atoms with Crippen molar-refractivity contribution in [2.45, 2.75) is 76.4 Å². The van der Waals surface area contributed by atoms with Crippen LogP contribution in [0.4, 0.5) is 9.18 Å². The van der Waals surface area contributed by atoms with Crippen LogP contribution in [0.15, 0.2) is 0 Å². The second-order valence-electron chi connectivity index (χ2n) is 6.29. The van der Waals surface area contributed by atoms with Gasteiger partial charge in [-0.25, -0.2) is 9.18 Å². The maximum absolute atomic E-state index is 14.0. The molecule has 0 aromatic heterocycles. The fourth-order valence-corrected chi connectivity index (χ4v) is 2.92. The Labute approximate surface area is 107 Å². The summed E-state index contributed by atoms with van der Waals surface area (Å²) in [5, 5.41) is 9.66. The Bertz CT molecular complexity index is 329. The van der Waals surface area contributed by atoms with Crippen LogP contribution in [0.1, 0.15) is 46.5 Å². The molecule has 1 amide bonds. The molecule has 0 aromatic carbocycles. The standard InChI is InChI=1S/C13H22FNO3/c1-13(2,3)18-12(17)15-8-5-4-6-9(15)11(14)10(16)7-8/h8-11,16H,4-7H2,1-3H3/t8?,9?,10-,11+/m0/s1. The van der Waals surface area contributed by atoms with Gasteiger partial charge in [0, 0.05) is 6.04 Å². The van der Waals surface area contributed by atoms with Gasteiger partial charge >= 0.3 is 6.09 Å². The zero-order valence-corrected chi connectivity index (χ0v) is 11.2. The molecule has 0 saturated carbocycles. The van der Waals surface area contributed by atoms with Crippen LogP contribution in [0.25, 0.3) is 0 Å². The molecule has 104 valence electrons. The van der Waals surface area contributed by atoms with E-state index in [0.29, 0.717) is 12.8 Å². The van der Waals surface area contributed by atoms with Gasteiger partial charge in [0.25, 0.3) is 0 Å². The van der Waals surface area contributed by atoms with Crippen molar-refractivity contribution in [2.24, 2.45) is 0 Å². The number of hydrogen-bond donors (Lipinski definition) is 1. The Hall–Kier alpha value is -0.840. The van der Waals surface area contributed by atoms with E-state index in [9.17, 15) is 14.3 Å². The molecule has 0 radical (unpaired) electrons. The molecular weight excluding hydrogens is 237 g/mol. The zero-order chi connectivity index (χ0) is 13.5. The number of alkyl halides is 1. The lowest BCUT2D eigenvalue weighted by Crippen LogP contribution is -2.62. The van der Waals surface area contributed by atoms with Crippen LogP contribution in [0.2, 0.25) is 0 Å². The van der Waals surface area contributed by atoms with Crippen LogP contribution in [-0.4, -0.2) is 46.1 Å². The minimum absolute atomic E-state index is 0.0828. The van der Waals surface area contributed by atoms with Gasteiger partial charge in [0.2, 0.25) is 0 Å². The first-order valence-corrected chi connectivity index (χ1v) is 6.63. The lowest BCUT2D eigenvalue weighted by molar-refractivity contribution is -0.0865. The molecule has 18 heavy (non-hydrogen) atoms. The summed E-state index contributed by atoms with van der Waals surface area (Å²) < 4.78 is 19.3. The molecule has 0 spiro atoms. The Morgan fingerprint density at radius 2 is 2.06 bits per heavy atom. The molecule has 4 atom stereocenters. The van der Waals surface area contributed by atoms with E-state index in [1.165, 1.54) is 4.90 Å². The first-order valence-electron chi connectivity index (χ1n) is 6.63. The van der Waals surface area contributed by atoms with E-state index in [-0.39, 0.29) is 6.04 Å². The van der Waals surface area contributed by atoms with Crippen LogP contribution in [0.5, 0.6) is 0 Å². The Balaban J connectivity index is 2.14. The normalized spacial score (nSPS) is 36.4. The minimum atomic E-state index is -1.35. The number of amides is 1. The average Bonchev–Trinajstić information content (AvgIpc) is 2.23.